The number of hydrogen-bond donors (Lipinski definition) is 1. The Kier molecular flexibility index (Phi) is 4.02. The average molecular weight is 339 g/mol. The molecule has 0 fully saturated rings. The summed E-state index contributed by atoms with van der Waals surface area (Å²) in [5, 5.41) is 5.75. The van der Waals surface area contributed by atoms with Gasteiger partial charge in [0.05, 0.1) is 12.7 Å². The molecule has 2 aromatic rings. The normalized spacial score (nSPS) is 10.4. The number of anilines is 1. The van der Waals surface area contributed by atoms with Crippen molar-refractivity contribution >= 4 is 56.3 Å². The van der Waals surface area contributed by atoms with Gasteiger partial charge in [-0.25, -0.2) is 4.98 Å². The zero-order valence-electron chi connectivity index (χ0n) is 7.88. The lowest BCUT2D eigenvalue weighted by molar-refractivity contribution is 1.10. The molecule has 3 nitrogen and oxygen atoms in total. The Morgan fingerprint density at radius 3 is 2.94 bits per heavy atom. The van der Waals surface area contributed by atoms with E-state index in [1.165, 1.54) is 11.1 Å². The molecule has 0 amide bonds. The Morgan fingerprint density at radius 1 is 1.44 bits per heavy atom. The molecule has 0 unspecified atom stereocenters. The maximum absolute atomic E-state index is 5.92. The van der Waals surface area contributed by atoms with E-state index >= 15 is 0 Å². The quantitative estimate of drug-likeness (QED) is 0.851. The molecule has 0 saturated heterocycles. The number of thiophene rings is 1. The fourth-order valence-electron chi connectivity index (χ4n) is 1.08. The van der Waals surface area contributed by atoms with Crippen LogP contribution in [0.5, 0.6) is 0 Å². The fourth-order valence-corrected chi connectivity index (χ4v) is 2.81. The molecular formula is C9H6BrCl2N3S. The fraction of sp³-hybridized carbons (Fsp3) is 0.111. The van der Waals surface area contributed by atoms with Gasteiger partial charge in [0.25, 0.3) is 0 Å². The second kappa shape index (κ2) is 5.31. The highest BCUT2D eigenvalue weighted by Crippen LogP contribution is 2.25. The molecule has 0 saturated carbocycles. The molecule has 2 heterocycles. The highest BCUT2D eigenvalue weighted by atomic mass is 79.9. The first kappa shape index (κ1) is 12.1. The van der Waals surface area contributed by atoms with Gasteiger partial charge in [-0.05, 0) is 39.0 Å². The van der Waals surface area contributed by atoms with Crippen LogP contribution in [0.15, 0.2) is 22.1 Å². The lowest BCUT2D eigenvalue weighted by Gasteiger charge is -2.06. The SMILES string of the molecule is Clc1ncc(Cl)c(NCc2sccc2Br)n1. The molecule has 84 valence electrons. The zero-order chi connectivity index (χ0) is 11.5. The molecule has 7 heteroatoms. The predicted molar refractivity (Wildman–Crippen MR) is 71.4 cm³/mol. The van der Waals surface area contributed by atoms with Crippen LogP contribution in [0.2, 0.25) is 10.3 Å². The Balaban J connectivity index is 2.10. The summed E-state index contributed by atoms with van der Waals surface area (Å²) in [5.41, 5.74) is 0. The van der Waals surface area contributed by atoms with Crippen LogP contribution in [0, 0.1) is 0 Å². The molecule has 0 aliphatic carbocycles. The van der Waals surface area contributed by atoms with E-state index in [0.29, 0.717) is 17.4 Å². The Labute approximate surface area is 115 Å². The molecule has 1 N–H and O–H groups in total. The molecule has 0 aliphatic heterocycles. The van der Waals surface area contributed by atoms with Crippen molar-refractivity contribution in [2.45, 2.75) is 6.54 Å². The summed E-state index contributed by atoms with van der Waals surface area (Å²) in [6.45, 7) is 0.644. The van der Waals surface area contributed by atoms with Crippen molar-refractivity contribution in [3.05, 3.63) is 37.3 Å². The van der Waals surface area contributed by atoms with Crippen LogP contribution >= 0.6 is 50.5 Å². The minimum Gasteiger partial charge on any atom is -0.364 e. The standard InChI is InChI=1S/C9H6BrCl2N3S/c10-5-1-2-16-7(5)4-13-8-6(11)3-14-9(12)15-8/h1-3H,4H2,(H,13,14,15). The van der Waals surface area contributed by atoms with E-state index in [1.807, 2.05) is 11.4 Å². The van der Waals surface area contributed by atoms with E-state index in [-0.39, 0.29) is 5.28 Å². The highest BCUT2D eigenvalue weighted by molar-refractivity contribution is 9.10. The zero-order valence-corrected chi connectivity index (χ0v) is 11.8. The second-order valence-electron chi connectivity index (χ2n) is 2.88. The van der Waals surface area contributed by atoms with Crippen molar-refractivity contribution in [1.29, 1.82) is 0 Å². The van der Waals surface area contributed by atoms with Gasteiger partial charge in [-0.3, -0.25) is 0 Å². The van der Waals surface area contributed by atoms with E-state index < -0.39 is 0 Å². The Morgan fingerprint density at radius 2 is 2.25 bits per heavy atom. The van der Waals surface area contributed by atoms with Gasteiger partial charge in [0.2, 0.25) is 5.28 Å². The van der Waals surface area contributed by atoms with E-state index in [0.717, 1.165) is 4.47 Å². The van der Waals surface area contributed by atoms with Crippen molar-refractivity contribution in [2.75, 3.05) is 5.32 Å². The maximum atomic E-state index is 5.92. The molecule has 0 atom stereocenters. The summed E-state index contributed by atoms with van der Waals surface area (Å²) in [4.78, 5) is 8.95. The minimum atomic E-state index is 0.178. The van der Waals surface area contributed by atoms with Gasteiger partial charge >= 0.3 is 0 Å². The number of nitrogens with zero attached hydrogens (tertiary/aromatic N) is 2. The van der Waals surface area contributed by atoms with E-state index in [1.54, 1.807) is 11.3 Å². The van der Waals surface area contributed by atoms with Crippen LogP contribution in [0.4, 0.5) is 5.82 Å². The number of aromatic nitrogens is 2. The van der Waals surface area contributed by atoms with Crippen molar-refractivity contribution in [3.8, 4) is 0 Å². The Bertz CT molecular complexity index is 503. The van der Waals surface area contributed by atoms with Crippen LogP contribution in [-0.4, -0.2) is 9.97 Å². The van der Waals surface area contributed by atoms with Crippen LogP contribution < -0.4 is 5.32 Å². The first-order valence-electron chi connectivity index (χ1n) is 4.30. The number of nitrogens with one attached hydrogen (secondary N) is 1. The molecule has 16 heavy (non-hydrogen) atoms. The third-order valence-corrected chi connectivity index (χ3v) is 4.21. The predicted octanol–water partition coefficient (Wildman–Crippen LogP) is 4.22. The largest absolute Gasteiger partial charge is 0.364 e. The summed E-state index contributed by atoms with van der Waals surface area (Å²) < 4.78 is 1.07. The summed E-state index contributed by atoms with van der Waals surface area (Å²) in [6, 6.07) is 2.00. The number of rotatable bonds is 3. The van der Waals surface area contributed by atoms with Crippen LogP contribution in [-0.2, 0) is 6.54 Å². The molecule has 0 aliphatic rings. The first-order chi connectivity index (χ1) is 7.66. The number of hydrogen-bond acceptors (Lipinski definition) is 4. The summed E-state index contributed by atoms with van der Waals surface area (Å²) >= 11 is 16.7. The van der Waals surface area contributed by atoms with Crippen molar-refractivity contribution in [1.82, 2.24) is 9.97 Å². The molecular weight excluding hydrogens is 333 g/mol. The van der Waals surface area contributed by atoms with Gasteiger partial charge < -0.3 is 5.32 Å². The average Bonchev–Trinajstić information content (AvgIpc) is 2.66. The van der Waals surface area contributed by atoms with E-state index in [4.69, 9.17) is 23.2 Å². The highest BCUT2D eigenvalue weighted by Gasteiger charge is 2.06. The summed E-state index contributed by atoms with van der Waals surface area (Å²) in [7, 11) is 0. The van der Waals surface area contributed by atoms with Crippen LogP contribution in [0.1, 0.15) is 4.88 Å². The molecule has 0 radical (unpaired) electrons. The van der Waals surface area contributed by atoms with Crippen molar-refractivity contribution in [2.24, 2.45) is 0 Å². The lowest BCUT2D eigenvalue weighted by Crippen LogP contribution is -2.01. The third kappa shape index (κ3) is 2.85. The topological polar surface area (TPSA) is 37.8 Å². The molecule has 0 aromatic carbocycles. The summed E-state index contributed by atoms with van der Waals surface area (Å²) in [5.74, 6) is 0.543. The van der Waals surface area contributed by atoms with Gasteiger partial charge in [-0.1, -0.05) is 11.6 Å². The van der Waals surface area contributed by atoms with Gasteiger partial charge in [0.1, 0.15) is 10.8 Å². The third-order valence-electron chi connectivity index (χ3n) is 1.82. The van der Waals surface area contributed by atoms with Crippen LogP contribution in [0.25, 0.3) is 0 Å². The van der Waals surface area contributed by atoms with Gasteiger partial charge in [0.15, 0.2) is 0 Å². The maximum Gasteiger partial charge on any atom is 0.224 e. The monoisotopic (exact) mass is 337 g/mol. The van der Waals surface area contributed by atoms with Gasteiger partial charge in [0, 0.05) is 9.35 Å². The smallest absolute Gasteiger partial charge is 0.224 e. The lowest BCUT2D eigenvalue weighted by atomic mass is 10.4. The number of halogens is 3. The molecule has 0 bridgehead atoms. The van der Waals surface area contributed by atoms with E-state index in [9.17, 15) is 0 Å². The van der Waals surface area contributed by atoms with Crippen LogP contribution in [0.3, 0.4) is 0 Å². The van der Waals surface area contributed by atoms with E-state index in [2.05, 4.69) is 31.2 Å². The minimum absolute atomic E-state index is 0.178. The molecule has 2 rings (SSSR count). The van der Waals surface area contributed by atoms with Crippen molar-refractivity contribution in [3.63, 3.8) is 0 Å². The molecule has 2 aromatic heterocycles. The second-order valence-corrected chi connectivity index (χ2v) is 5.48. The van der Waals surface area contributed by atoms with Gasteiger partial charge in [-0.2, -0.15) is 4.98 Å². The van der Waals surface area contributed by atoms with Gasteiger partial charge in [-0.15, -0.1) is 11.3 Å². The van der Waals surface area contributed by atoms with Crippen molar-refractivity contribution < 1.29 is 0 Å². The molecule has 0 spiro atoms. The first-order valence-corrected chi connectivity index (χ1v) is 6.73. The summed E-state index contributed by atoms with van der Waals surface area (Å²) in [6.07, 6.45) is 1.47. The Hall–Kier alpha value is -0.360.